The lowest BCUT2D eigenvalue weighted by molar-refractivity contribution is -0.156. The molecule has 0 unspecified atom stereocenters. The summed E-state index contributed by atoms with van der Waals surface area (Å²) < 4.78 is 25.0. The van der Waals surface area contributed by atoms with Crippen molar-refractivity contribution in [2.75, 3.05) is 20.1 Å². The van der Waals surface area contributed by atoms with Gasteiger partial charge in [-0.3, -0.25) is 4.79 Å². The summed E-state index contributed by atoms with van der Waals surface area (Å²) in [5, 5.41) is 2.91. The van der Waals surface area contributed by atoms with E-state index in [4.69, 9.17) is 0 Å². The van der Waals surface area contributed by atoms with Gasteiger partial charge in [-0.25, -0.2) is 0 Å². The number of hydrogen-bond donors (Lipinski definition) is 1. The molecule has 0 aliphatic carbocycles. The molecule has 0 radical (unpaired) electrons. The standard InChI is InChI=1S/C7H12F2N2O/c1-7(8,9)6(12)11(2)5-3-10-4-5/h5,10H,3-4H2,1-2H3. The largest absolute Gasteiger partial charge is 0.335 e. The van der Waals surface area contributed by atoms with E-state index < -0.39 is 11.8 Å². The lowest BCUT2D eigenvalue weighted by Gasteiger charge is -2.36. The highest BCUT2D eigenvalue weighted by Gasteiger charge is 2.38. The van der Waals surface area contributed by atoms with E-state index in [0.717, 1.165) is 4.90 Å². The minimum Gasteiger partial charge on any atom is -0.335 e. The summed E-state index contributed by atoms with van der Waals surface area (Å²) >= 11 is 0. The molecule has 0 bridgehead atoms. The Labute approximate surface area is 69.7 Å². The van der Waals surface area contributed by atoms with E-state index in [1.807, 2.05) is 0 Å². The molecule has 70 valence electrons. The van der Waals surface area contributed by atoms with E-state index in [-0.39, 0.29) is 6.04 Å². The van der Waals surface area contributed by atoms with Crippen LogP contribution in [0.4, 0.5) is 8.78 Å². The molecule has 1 saturated heterocycles. The van der Waals surface area contributed by atoms with Crippen LogP contribution in [0.15, 0.2) is 0 Å². The number of alkyl halides is 2. The lowest BCUT2D eigenvalue weighted by atomic mass is 10.1. The highest BCUT2D eigenvalue weighted by molar-refractivity contribution is 5.83. The maximum Gasteiger partial charge on any atom is 0.322 e. The molecule has 0 spiro atoms. The van der Waals surface area contributed by atoms with Crippen molar-refractivity contribution in [3.8, 4) is 0 Å². The summed E-state index contributed by atoms with van der Waals surface area (Å²) in [6.07, 6.45) is 0. The van der Waals surface area contributed by atoms with Crippen LogP contribution in [0.1, 0.15) is 6.92 Å². The van der Waals surface area contributed by atoms with Crippen molar-refractivity contribution in [1.29, 1.82) is 0 Å². The SMILES string of the molecule is CN(C(=O)C(C)(F)F)C1CNC1. The Kier molecular flexibility index (Phi) is 2.32. The number of carbonyl (C=O) groups is 1. The lowest BCUT2D eigenvalue weighted by Crippen LogP contribution is -2.59. The molecular formula is C7H12F2N2O. The van der Waals surface area contributed by atoms with E-state index in [1.165, 1.54) is 7.05 Å². The quantitative estimate of drug-likeness (QED) is 0.649. The first-order chi connectivity index (χ1) is 5.43. The van der Waals surface area contributed by atoms with Crippen molar-refractivity contribution in [3.05, 3.63) is 0 Å². The second-order valence-electron chi connectivity index (χ2n) is 3.12. The Balaban J connectivity index is 2.51. The number of carbonyl (C=O) groups excluding carboxylic acids is 1. The van der Waals surface area contributed by atoms with Crippen LogP contribution < -0.4 is 5.32 Å². The van der Waals surface area contributed by atoms with Gasteiger partial charge in [-0.1, -0.05) is 0 Å². The molecule has 0 saturated carbocycles. The number of likely N-dealkylation sites (N-methyl/N-ethyl adjacent to an activating group) is 1. The fraction of sp³-hybridized carbons (Fsp3) is 0.857. The van der Waals surface area contributed by atoms with E-state index in [9.17, 15) is 13.6 Å². The first-order valence-electron chi connectivity index (χ1n) is 3.78. The maximum absolute atomic E-state index is 12.5. The van der Waals surface area contributed by atoms with E-state index in [0.29, 0.717) is 20.0 Å². The first-order valence-corrected chi connectivity index (χ1v) is 3.78. The monoisotopic (exact) mass is 178 g/mol. The van der Waals surface area contributed by atoms with Crippen molar-refractivity contribution in [2.45, 2.75) is 18.9 Å². The van der Waals surface area contributed by atoms with Gasteiger partial charge in [0.25, 0.3) is 5.91 Å². The fourth-order valence-corrected chi connectivity index (χ4v) is 1.02. The van der Waals surface area contributed by atoms with Gasteiger partial charge >= 0.3 is 5.92 Å². The second-order valence-corrected chi connectivity index (χ2v) is 3.12. The minimum atomic E-state index is -3.25. The average molecular weight is 178 g/mol. The van der Waals surface area contributed by atoms with Crippen molar-refractivity contribution >= 4 is 5.91 Å². The number of halogens is 2. The Morgan fingerprint density at radius 1 is 1.58 bits per heavy atom. The highest BCUT2D eigenvalue weighted by atomic mass is 19.3. The van der Waals surface area contributed by atoms with Crippen molar-refractivity contribution in [2.24, 2.45) is 0 Å². The van der Waals surface area contributed by atoms with Crippen molar-refractivity contribution < 1.29 is 13.6 Å². The van der Waals surface area contributed by atoms with Crippen LogP contribution in [0.3, 0.4) is 0 Å². The Hall–Kier alpha value is -0.710. The number of rotatable bonds is 2. The van der Waals surface area contributed by atoms with Gasteiger partial charge in [0.2, 0.25) is 0 Å². The third-order valence-electron chi connectivity index (χ3n) is 2.00. The molecule has 0 atom stereocenters. The minimum absolute atomic E-state index is 0.0664. The summed E-state index contributed by atoms with van der Waals surface area (Å²) in [5.41, 5.74) is 0. The molecule has 1 N–H and O–H groups in total. The molecule has 3 nitrogen and oxygen atoms in total. The van der Waals surface area contributed by atoms with Crippen LogP contribution in [0, 0.1) is 0 Å². The predicted octanol–water partition coefficient (Wildman–Crippen LogP) is 0.0718. The van der Waals surface area contributed by atoms with E-state index >= 15 is 0 Å². The van der Waals surface area contributed by atoms with Crippen LogP contribution in [0.5, 0.6) is 0 Å². The van der Waals surface area contributed by atoms with Crippen LogP contribution >= 0.6 is 0 Å². The molecule has 1 amide bonds. The van der Waals surface area contributed by atoms with Gasteiger partial charge in [0.15, 0.2) is 0 Å². The van der Waals surface area contributed by atoms with E-state index in [1.54, 1.807) is 0 Å². The van der Waals surface area contributed by atoms with Gasteiger partial charge in [-0.15, -0.1) is 0 Å². The third-order valence-corrected chi connectivity index (χ3v) is 2.00. The molecule has 0 aromatic carbocycles. The molecule has 0 aromatic heterocycles. The second kappa shape index (κ2) is 2.97. The zero-order chi connectivity index (χ0) is 9.35. The van der Waals surface area contributed by atoms with Gasteiger partial charge in [0.1, 0.15) is 0 Å². The van der Waals surface area contributed by atoms with Crippen molar-refractivity contribution in [3.63, 3.8) is 0 Å². The van der Waals surface area contributed by atoms with Crippen molar-refractivity contribution in [1.82, 2.24) is 10.2 Å². The van der Waals surface area contributed by atoms with Crippen LogP contribution in [0.25, 0.3) is 0 Å². The van der Waals surface area contributed by atoms with E-state index in [2.05, 4.69) is 5.32 Å². The fourth-order valence-electron chi connectivity index (χ4n) is 1.02. The predicted molar refractivity (Wildman–Crippen MR) is 40.0 cm³/mol. The molecule has 1 fully saturated rings. The maximum atomic E-state index is 12.5. The normalized spacial score (nSPS) is 18.7. The van der Waals surface area contributed by atoms with Crippen LogP contribution in [-0.2, 0) is 4.79 Å². The average Bonchev–Trinajstić information content (AvgIpc) is 1.79. The van der Waals surface area contributed by atoms with Gasteiger partial charge in [-0.2, -0.15) is 8.78 Å². The Bertz CT molecular complexity index is 186. The number of nitrogens with one attached hydrogen (secondary N) is 1. The number of hydrogen-bond acceptors (Lipinski definition) is 2. The molecule has 1 aliphatic rings. The summed E-state index contributed by atoms with van der Waals surface area (Å²) in [4.78, 5) is 12.1. The van der Waals surface area contributed by atoms with Gasteiger partial charge < -0.3 is 10.2 Å². The molecule has 0 aromatic rings. The molecule has 5 heteroatoms. The highest BCUT2D eigenvalue weighted by Crippen LogP contribution is 2.17. The number of nitrogens with zero attached hydrogens (tertiary/aromatic N) is 1. The summed E-state index contributed by atoms with van der Waals surface area (Å²) in [7, 11) is 1.41. The zero-order valence-corrected chi connectivity index (χ0v) is 7.10. The molecule has 1 rings (SSSR count). The zero-order valence-electron chi connectivity index (χ0n) is 7.10. The van der Waals surface area contributed by atoms with Gasteiger partial charge in [-0.05, 0) is 0 Å². The molecular weight excluding hydrogens is 166 g/mol. The topological polar surface area (TPSA) is 32.3 Å². The molecule has 1 aliphatic heterocycles. The number of amides is 1. The van der Waals surface area contributed by atoms with Crippen LogP contribution in [-0.4, -0.2) is 42.9 Å². The first kappa shape index (κ1) is 9.38. The molecule has 1 heterocycles. The summed E-state index contributed by atoms with van der Waals surface area (Å²) in [6.45, 7) is 1.84. The Morgan fingerprint density at radius 3 is 2.33 bits per heavy atom. The van der Waals surface area contributed by atoms with Gasteiger partial charge in [0.05, 0.1) is 6.04 Å². The smallest absolute Gasteiger partial charge is 0.322 e. The summed E-state index contributed by atoms with van der Waals surface area (Å²) in [6, 6.07) is -0.0664. The Morgan fingerprint density at radius 2 is 2.08 bits per heavy atom. The van der Waals surface area contributed by atoms with Gasteiger partial charge in [0, 0.05) is 27.1 Å². The van der Waals surface area contributed by atoms with Crippen LogP contribution in [0.2, 0.25) is 0 Å². The summed E-state index contributed by atoms with van der Waals surface area (Å²) in [5.74, 6) is -4.35. The molecule has 12 heavy (non-hydrogen) atoms. The third kappa shape index (κ3) is 1.72.